The molecule has 0 aliphatic heterocycles. The topological polar surface area (TPSA) is 38.3 Å². The van der Waals surface area contributed by atoms with Crippen LogP contribution >= 0.6 is 11.8 Å². The zero-order valence-corrected chi connectivity index (χ0v) is 15.5. The van der Waals surface area contributed by atoms with Gasteiger partial charge in [0.1, 0.15) is 5.75 Å². The van der Waals surface area contributed by atoms with Gasteiger partial charge in [0, 0.05) is 5.75 Å². The van der Waals surface area contributed by atoms with E-state index >= 15 is 0 Å². The van der Waals surface area contributed by atoms with Crippen LogP contribution in [0.5, 0.6) is 11.5 Å². The van der Waals surface area contributed by atoms with Gasteiger partial charge in [0.2, 0.25) is 5.91 Å². The third kappa shape index (κ3) is 5.39. The van der Waals surface area contributed by atoms with Crippen molar-refractivity contribution in [3.05, 3.63) is 90.0 Å². The van der Waals surface area contributed by atoms with E-state index < -0.39 is 0 Å². The Labute approximate surface area is 158 Å². The Morgan fingerprint density at radius 2 is 1.73 bits per heavy atom. The number of rotatable bonds is 7. The van der Waals surface area contributed by atoms with Gasteiger partial charge in [-0.05, 0) is 36.8 Å². The number of carbonyl (C=O) groups is 1. The van der Waals surface area contributed by atoms with Crippen LogP contribution in [0.2, 0.25) is 0 Å². The molecular formula is C22H21NO2S. The van der Waals surface area contributed by atoms with Crippen LogP contribution in [0, 0.1) is 6.92 Å². The van der Waals surface area contributed by atoms with Crippen molar-refractivity contribution in [2.24, 2.45) is 0 Å². The quantitative estimate of drug-likeness (QED) is 0.589. The summed E-state index contributed by atoms with van der Waals surface area (Å²) in [4.78, 5) is 12.3. The maximum Gasteiger partial charge on any atom is 0.234 e. The molecule has 0 saturated heterocycles. The van der Waals surface area contributed by atoms with E-state index in [9.17, 15) is 4.79 Å². The summed E-state index contributed by atoms with van der Waals surface area (Å²) < 4.78 is 5.88. The minimum atomic E-state index is -0.0354. The average Bonchev–Trinajstić information content (AvgIpc) is 2.64. The molecule has 0 radical (unpaired) electrons. The number of carbonyl (C=O) groups excluding carboxylic acids is 1. The fraction of sp³-hybridized carbons (Fsp3) is 0.136. The molecule has 4 heteroatoms. The van der Waals surface area contributed by atoms with Crippen LogP contribution in [0.1, 0.15) is 11.1 Å². The van der Waals surface area contributed by atoms with Crippen molar-refractivity contribution in [1.29, 1.82) is 0 Å². The van der Waals surface area contributed by atoms with Crippen molar-refractivity contribution in [2.45, 2.75) is 12.7 Å². The number of hydrogen-bond acceptors (Lipinski definition) is 3. The molecule has 3 nitrogen and oxygen atoms in total. The molecule has 3 rings (SSSR count). The molecule has 0 saturated carbocycles. The van der Waals surface area contributed by atoms with Crippen LogP contribution in [0.3, 0.4) is 0 Å². The van der Waals surface area contributed by atoms with E-state index in [1.54, 1.807) is 11.8 Å². The first-order valence-corrected chi connectivity index (χ1v) is 9.61. The Bertz CT molecular complexity index is 865. The van der Waals surface area contributed by atoms with E-state index in [1.165, 1.54) is 11.1 Å². The Hall–Kier alpha value is -2.72. The number of thioether (sulfide) groups is 1. The number of hydrogen-bond donors (Lipinski definition) is 1. The normalized spacial score (nSPS) is 10.3. The molecule has 0 atom stereocenters. The molecule has 0 heterocycles. The van der Waals surface area contributed by atoms with E-state index in [1.807, 2.05) is 60.7 Å². The highest BCUT2D eigenvalue weighted by molar-refractivity contribution is 7.99. The molecule has 0 fully saturated rings. The average molecular weight is 363 g/mol. The second-order valence-corrected chi connectivity index (χ2v) is 6.93. The van der Waals surface area contributed by atoms with E-state index in [0.717, 1.165) is 11.5 Å². The Balaban J connectivity index is 1.56. The summed E-state index contributed by atoms with van der Waals surface area (Å²) in [5.41, 5.74) is 3.15. The lowest BCUT2D eigenvalue weighted by molar-refractivity contribution is -0.113. The van der Waals surface area contributed by atoms with E-state index in [-0.39, 0.29) is 5.91 Å². The standard InChI is InChI=1S/C22H21NO2S/c1-17-8-7-9-18(14-17)15-26-16-22(24)23-20-12-5-6-13-21(20)25-19-10-3-2-4-11-19/h2-14H,15-16H2,1H3,(H,23,24). The predicted octanol–water partition coefficient (Wildman–Crippen LogP) is 5.66. The highest BCUT2D eigenvalue weighted by Crippen LogP contribution is 2.29. The minimum Gasteiger partial charge on any atom is -0.455 e. The van der Waals surface area contributed by atoms with Crippen molar-refractivity contribution in [3.63, 3.8) is 0 Å². The number of para-hydroxylation sites is 3. The number of ether oxygens (including phenoxy) is 1. The van der Waals surface area contributed by atoms with Crippen LogP contribution in [0.25, 0.3) is 0 Å². The molecule has 0 spiro atoms. The number of anilines is 1. The Morgan fingerprint density at radius 1 is 0.962 bits per heavy atom. The van der Waals surface area contributed by atoms with Gasteiger partial charge < -0.3 is 10.1 Å². The van der Waals surface area contributed by atoms with Crippen molar-refractivity contribution in [3.8, 4) is 11.5 Å². The van der Waals surface area contributed by atoms with Crippen molar-refractivity contribution in [2.75, 3.05) is 11.1 Å². The molecule has 0 bridgehead atoms. The number of amides is 1. The molecule has 26 heavy (non-hydrogen) atoms. The summed E-state index contributed by atoms with van der Waals surface area (Å²) in [5.74, 6) is 2.55. The summed E-state index contributed by atoms with van der Waals surface area (Å²) >= 11 is 1.60. The van der Waals surface area contributed by atoms with Gasteiger partial charge in [-0.1, -0.05) is 60.2 Å². The molecule has 132 valence electrons. The molecule has 1 N–H and O–H groups in total. The summed E-state index contributed by atoms with van der Waals surface area (Å²) in [5, 5.41) is 2.94. The van der Waals surface area contributed by atoms with Crippen molar-refractivity contribution >= 4 is 23.4 Å². The third-order valence-corrected chi connectivity index (χ3v) is 4.72. The Morgan fingerprint density at radius 3 is 2.54 bits per heavy atom. The number of nitrogens with one attached hydrogen (secondary N) is 1. The van der Waals surface area contributed by atoms with Crippen LogP contribution in [0.15, 0.2) is 78.9 Å². The molecular weight excluding hydrogens is 342 g/mol. The van der Waals surface area contributed by atoms with Gasteiger partial charge in [0.25, 0.3) is 0 Å². The maximum atomic E-state index is 12.3. The van der Waals surface area contributed by atoms with Gasteiger partial charge in [-0.15, -0.1) is 11.8 Å². The Kier molecular flexibility index (Phi) is 6.34. The molecule has 0 aromatic heterocycles. The summed E-state index contributed by atoms with van der Waals surface area (Å²) in [7, 11) is 0. The van der Waals surface area contributed by atoms with E-state index in [2.05, 4.69) is 30.4 Å². The van der Waals surface area contributed by atoms with E-state index in [0.29, 0.717) is 17.2 Å². The first-order chi connectivity index (χ1) is 12.7. The van der Waals surface area contributed by atoms with Gasteiger partial charge in [0.15, 0.2) is 5.75 Å². The molecule has 0 aliphatic carbocycles. The van der Waals surface area contributed by atoms with Gasteiger partial charge >= 0.3 is 0 Å². The summed E-state index contributed by atoms with van der Waals surface area (Å²) in [6.07, 6.45) is 0. The highest BCUT2D eigenvalue weighted by Gasteiger charge is 2.08. The van der Waals surface area contributed by atoms with Crippen LogP contribution in [0.4, 0.5) is 5.69 Å². The SMILES string of the molecule is Cc1cccc(CSCC(=O)Nc2ccccc2Oc2ccccc2)c1. The van der Waals surface area contributed by atoms with Crippen molar-refractivity contribution < 1.29 is 9.53 Å². The lowest BCUT2D eigenvalue weighted by atomic mass is 10.2. The molecule has 0 aliphatic rings. The molecule has 3 aromatic carbocycles. The van der Waals surface area contributed by atoms with Gasteiger partial charge in [-0.3, -0.25) is 4.79 Å². The largest absolute Gasteiger partial charge is 0.455 e. The van der Waals surface area contributed by atoms with Gasteiger partial charge in [0.05, 0.1) is 11.4 Å². The second-order valence-electron chi connectivity index (χ2n) is 5.94. The maximum absolute atomic E-state index is 12.3. The van der Waals surface area contributed by atoms with Gasteiger partial charge in [-0.25, -0.2) is 0 Å². The van der Waals surface area contributed by atoms with Crippen LogP contribution in [-0.2, 0) is 10.5 Å². The number of benzene rings is 3. The second kappa shape index (κ2) is 9.11. The van der Waals surface area contributed by atoms with Crippen LogP contribution in [-0.4, -0.2) is 11.7 Å². The summed E-state index contributed by atoms with van der Waals surface area (Å²) in [6.45, 7) is 2.07. The molecule has 0 unspecified atom stereocenters. The highest BCUT2D eigenvalue weighted by atomic mass is 32.2. The van der Waals surface area contributed by atoms with E-state index in [4.69, 9.17) is 4.74 Å². The fourth-order valence-electron chi connectivity index (χ4n) is 2.52. The van der Waals surface area contributed by atoms with Crippen LogP contribution < -0.4 is 10.1 Å². The fourth-order valence-corrected chi connectivity index (χ4v) is 3.30. The zero-order valence-electron chi connectivity index (χ0n) is 14.6. The van der Waals surface area contributed by atoms with Gasteiger partial charge in [-0.2, -0.15) is 0 Å². The lowest BCUT2D eigenvalue weighted by Gasteiger charge is -2.12. The smallest absolute Gasteiger partial charge is 0.234 e. The summed E-state index contributed by atoms with van der Waals surface area (Å²) in [6, 6.07) is 25.4. The minimum absolute atomic E-state index is 0.0354. The first kappa shape index (κ1) is 18.1. The number of aryl methyl sites for hydroxylation is 1. The zero-order chi connectivity index (χ0) is 18.2. The molecule has 1 amide bonds. The molecule has 3 aromatic rings. The van der Waals surface area contributed by atoms with Crippen molar-refractivity contribution in [1.82, 2.24) is 0 Å². The third-order valence-electron chi connectivity index (χ3n) is 3.72. The monoisotopic (exact) mass is 363 g/mol. The first-order valence-electron chi connectivity index (χ1n) is 8.46. The lowest BCUT2D eigenvalue weighted by Crippen LogP contribution is -2.14. The predicted molar refractivity (Wildman–Crippen MR) is 109 cm³/mol.